The molecule has 1 fully saturated rings. The van der Waals surface area contributed by atoms with E-state index in [1.807, 2.05) is 13.8 Å². The first kappa shape index (κ1) is 15.1. The summed E-state index contributed by atoms with van der Waals surface area (Å²) in [4.78, 5) is 6.91. The number of nitrogens with zero attached hydrogens (tertiary/aromatic N) is 2. The van der Waals surface area contributed by atoms with Crippen molar-refractivity contribution in [3.8, 4) is 0 Å². The van der Waals surface area contributed by atoms with Crippen molar-refractivity contribution in [2.75, 3.05) is 18.4 Å². The maximum atomic E-state index is 5.68. The molecular weight excluding hydrogens is 274 g/mol. The number of aryl methyl sites for hydroxylation is 3. The van der Waals surface area contributed by atoms with Crippen LogP contribution in [0.1, 0.15) is 35.7 Å². The van der Waals surface area contributed by atoms with Gasteiger partial charge in [0.05, 0.1) is 12.2 Å². The standard InChI is InChI=1S/C18H25N3O/c1-13-5-4-6-17(11-13)20-16-7-9-21(10-8-16)12-18-19-14(2)15(3)22-18/h4-6,11,16,20H,7-10,12H2,1-3H3. The lowest BCUT2D eigenvalue weighted by atomic mass is 10.0. The number of piperidine rings is 1. The summed E-state index contributed by atoms with van der Waals surface area (Å²) in [6, 6.07) is 9.17. The highest BCUT2D eigenvalue weighted by molar-refractivity contribution is 5.46. The van der Waals surface area contributed by atoms with Crippen LogP contribution in [0, 0.1) is 20.8 Å². The molecule has 22 heavy (non-hydrogen) atoms. The number of hydrogen-bond donors (Lipinski definition) is 1. The van der Waals surface area contributed by atoms with Gasteiger partial charge in [-0.2, -0.15) is 0 Å². The smallest absolute Gasteiger partial charge is 0.208 e. The van der Waals surface area contributed by atoms with Crippen molar-refractivity contribution in [3.63, 3.8) is 0 Å². The van der Waals surface area contributed by atoms with Gasteiger partial charge >= 0.3 is 0 Å². The van der Waals surface area contributed by atoms with Crippen LogP contribution in [-0.4, -0.2) is 29.0 Å². The van der Waals surface area contributed by atoms with Crippen LogP contribution in [0.2, 0.25) is 0 Å². The van der Waals surface area contributed by atoms with E-state index in [4.69, 9.17) is 4.42 Å². The summed E-state index contributed by atoms with van der Waals surface area (Å²) >= 11 is 0. The molecule has 1 saturated heterocycles. The molecule has 0 unspecified atom stereocenters. The lowest BCUT2D eigenvalue weighted by Gasteiger charge is -2.32. The fourth-order valence-electron chi connectivity index (χ4n) is 3.00. The van der Waals surface area contributed by atoms with Gasteiger partial charge in [0.25, 0.3) is 0 Å². The van der Waals surface area contributed by atoms with Crippen LogP contribution in [0.25, 0.3) is 0 Å². The Morgan fingerprint density at radius 3 is 2.64 bits per heavy atom. The van der Waals surface area contributed by atoms with Crippen molar-refractivity contribution < 1.29 is 4.42 Å². The molecular formula is C18H25N3O. The highest BCUT2D eigenvalue weighted by Gasteiger charge is 2.20. The minimum absolute atomic E-state index is 0.561. The van der Waals surface area contributed by atoms with Crippen molar-refractivity contribution in [2.24, 2.45) is 0 Å². The molecule has 3 rings (SSSR count). The lowest BCUT2D eigenvalue weighted by molar-refractivity contribution is 0.192. The Labute approximate surface area is 132 Å². The summed E-state index contributed by atoms with van der Waals surface area (Å²) < 4.78 is 5.68. The van der Waals surface area contributed by atoms with Gasteiger partial charge in [-0.05, 0) is 51.3 Å². The molecule has 0 radical (unpaired) electrons. The lowest BCUT2D eigenvalue weighted by Crippen LogP contribution is -2.38. The van der Waals surface area contributed by atoms with E-state index in [1.165, 1.54) is 11.3 Å². The normalized spacial score (nSPS) is 16.9. The predicted octanol–water partition coefficient (Wildman–Crippen LogP) is 3.68. The van der Waals surface area contributed by atoms with Gasteiger partial charge in [-0.3, -0.25) is 4.90 Å². The molecule has 2 aromatic rings. The number of anilines is 1. The largest absolute Gasteiger partial charge is 0.444 e. The Bertz CT molecular complexity index is 608. The Kier molecular flexibility index (Phi) is 4.48. The average Bonchev–Trinajstić information content (AvgIpc) is 2.79. The summed E-state index contributed by atoms with van der Waals surface area (Å²) in [5.74, 6) is 1.78. The number of hydrogen-bond acceptors (Lipinski definition) is 4. The van der Waals surface area contributed by atoms with Crippen LogP contribution in [-0.2, 0) is 6.54 Å². The third-order valence-electron chi connectivity index (χ3n) is 4.41. The van der Waals surface area contributed by atoms with Crippen LogP contribution in [0.5, 0.6) is 0 Å². The molecule has 0 amide bonds. The monoisotopic (exact) mass is 299 g/mol. The molecule has 1 aromatic heterocycles. The predicted molar refractivity (Wildman–Crippen MR) is 89.1 cm³/mol. The minimum atomic E-state index is 0.561. The minimum Gasteiger partial charge on any atom is -0.444 e. The molecule has 4 heteroatoms. The molecule has 1 aliphatic rings. The second kappa shape index (κ2) is 6.53. The molecule has 1 N–H and O–H groups in total. The van der Waals surface area contributed by atoms with Gasteiger partial charge in [0, 0.05) is 24.8 Å². The van der Waals surface area contributed by atoms with Crippen molar-refractivity contribution >= 4 is 5.69 Å². The molecule has 118 valence electrons. The van der Waals surface area contributed by atoms with E-state index in [0.717, 1.165) is 49.8 Å². The van der Waals surface area contributed by atoms with Crippen LogP contribution in [0.4, 0.5) is 5.69 Å². The molecule has 0 atom stereocenters. The summed E-state index contributed by atoms with van der Waals surface area (Å²) in [5, 5.41) is 3.65. The van der Waals surface area contributed by atoms with Crippen molar-refractivity contribution in [2.45, 2.75) is 46.2 Å². The zero-order valence-electron chi connectivity index (χ0n) is 13.7. The van der Waals surface area contributed by atoms with Crippen LogP contribution in [0.3, 0.4) is 0 Å². The first-order chi connectivity index (χ1) is 10.6. The summed E-state index contributed by atoms with van der Waals surface area (Å²) in [7, 11) is 0. The van der Waals surface area contributed by atoms with E-state index in [9.17, 15) is 0 Å². The quantitative estimate of drug-likeness (QED) is 0.935. The van der Waals surface area contributed by atoms with Crippen LogP contribution >= 0.6 is 0 Å². The number of benzene rings is 1. The molecule has 0 saturated carbocycles. The number of rotatable bonds is 4. The molecule has 2 heterocycles. The van der Waals surface area contributed by atoms with Crippen LogP contribution in [0.15, 0.2) is 28.7 Å². The third kappa shape index (κ3) is 3.69. The highest BCUT2D eigenvalue weighted by atomic mass is 16.4. The Balaban J connectivity index is 1.50. The van der Waals surface area contributed by atoms with Gasteiger partial charge in [-0.1, -0.05) is 12.1 Å². The van der Waals surface area contributed by atoms with E-state index in [2.05, 4.69) is 46.4 Å². The van der Waals surface area contributed by atoms with E-state index in [1.54, 1.807) is 0 Å². The Hall–Kier alpha value is -1.81. The van der Waals surface area contributed by atoms with Gasteiger partial charge in [-0.25, -0.2) is 4.98 Å². The molecule has 0 bridgehead atoms. The summed E-state index contributed by atoms with van der Waals surface area (Å²) in [6.07, 6.45) is 2.32. The molecule has 1 aliphatic heterocycles. The highest BCUT2D eigenvalue weighted by Crippen LogP contribution is 2.19. The molecule has 1 aromatic carbocycles. The fourth-order valence-corrected chi connectivity index (χ4v) is 3.00. The average molecular weight is 299 g/mol. The van der Waals surface area contributed by atoms with Gasteiger partial charge in [0.2, 0.25) is 5.89 Å². The summed E-state index contributed by atoms with van der Waals surface area (Å²) in [6.45, 7) is 9.11. The number of nitrogens with one attached hydrogen (secondary N) is 1. The molecule has 0 spiro atoms. The fraction of sp³-hybridized carbons (Fsp3) is 0.500. The van der Waals surface area contributed by atoms with Crippen molar-refractivity contribution in [1.29, 1.82) is 0 Å². The summed E-state index contributed by atoms with van der Waals surface area (Å²) in [5.41, 5.74) is 3.54. The zero-order valence-corrected chi connectivity index (χ0v) is 13.7. The Morgan fingerprint density at radius 2 is 2.00 bits per heavy atom. The second-order valence-electron chi connectivity index (χ2n) is 6.31. The molecule has 4 nitrogen and oxygen atoms in total. The van der Waals surface area contributed by atoms with Gasteiger partial charge in [0.15, 0.2) is 0 Å². The van der Waals surface area contributed by atoms with Gasteiger partial charge in [0.1, 0.15) is 5.76 Å². The Morgan fingerprint density at radius 1 is 1.23 bits per heavy atom. The maximum absolute atomic E-state index is 5.68. The van der Waals surface area contributed by atoms with E-state index in [-0.39, 0.29) is 0 Å². The number of aromatic nitrogens is 1. The topological polar surface area (TPSA) is 41.3 Å². The first-order valence-corrected chi connectivity index (χ1v) is 8.08. The SMILES string of the molecule is Cc1cccc(NC2CCN(Cc3nc(C)c(C)o3)CC2)c1. The third-order valence-corrected chi connectivity index (χ3v) is 4.41. The zero-order chi connectivity index (χ0) is 15.5. The number of likely N-dealkylation sites (tertiary alicyclic amines) is 1. The maximum Gasteiger partial charge on any atom is 0.208 e. The van der Waals surface area contributed by atoms with Gasteiger partial charge < -0.3 is 9.73 Å². The van der Waals surface area contributed by atoms with Crippen molar-refractivity contribution in [3.05, 3.63) is 47.2 Å². The second-order valence-corrected chi connectivity index (χ2v) is 6.31. The van der Waals surface area contributed by atoms with Gasteiger partial charge in [-0.15, -0.1) is 0 Å². The van der Waals surface area contributed by atoms with Crippen LogP contribution < -0.4 is 5.32 Å². The van der Waals surface area contributed by atoms with E-state index >= 15 is 0 Å². The molecule has 0 aliphatic carbocycles. The van der Waals surface area contributed by atoms with E-state index in [0.29, 0.717) is 6.04 Å². The van der Waals surface area contributed by atoms with E-state index < -0.39 is 0 Å². The first-order valence-electron chi connectivity index (χ1n) is 8.08. The van der Waals surface area contributed by atoms with Crippen molar-refractivity contribution in [1.82, 2.24) is 9.88 Å². The number of oxazole rings is 1.